The van der Waals surface area contributed by atoms with Gasteiger partial charge in [0.05, 0.1) is 5.56 Å². The zero-order valence-electron chi connectivity index (χ0n) is 11.1. The quantitative estimate of drug-likeness (QED) is 0.884. The minimum atomic E-state index is -0.919. The van der Waals surface area contributed by atoms with Gasteiger partial charge in [0.15, 0.2) is 0 Å². The topological polar surface area (TPSA) is 75.1 Å². The number of rotatable bonds is 3. The number of hydrogen-bond acceptors (Lipinski definition) is 4. The fraction of sp³-hybridized carbons (Fsp3) is 0.214. The third-order valence-corrected chi connectivity index (χ3v) is 2.70. The van der Waals surface area contributed by atoms with Crippen LogP contribution in [0.15, 0.2) is 24.3 Å². The van der Waals surface area contributed by atoms with E-state index in [0.717, 1.165) is 11.4 Å². The Bertz CT molecular complexity index is 618. The van der Waals surface area contributed by atoms with Crippen molar-refractivity contribution in [3.63, 3.8) is 0 Å². The molecule has 0 aliphatic heterocycles. The first-order valence-electron chi connectivity index (χ1n) is 5.89. The number of benzene rings is 1. The van der Waals surface area contributed by atoms with Gasteiger partial charge >= 0.3 is 5.97 Å². The van der Waals surface area contributed by atoms with Gasteiger partial charge in [0.2, 0.25) is 0 Å². The Morgan fingerprint density at radius 3 is 2.47 bits per heavy atom. The molecule has 0 aliphatic carbocycles. The number of hydrogen-bond donors (Lipinski definition) is 2. The van der Waals surface area contributed by atoms with Gasteiger partial charge in [-0.3, -0.25) is 0 Å². The number of aromatic carboxylic acids is 1. The molecule has 5 heteroatoms. The molecule has 0 fully saturated rings. The van der Waals surface area contributed by atoms with Crippen molar-refractivity contribution in [2.45, 2.75) is 20.8 Å². The van der Waals surface area contributed by atoms with Gasteiger partial charge in [-0.25, -0.2) is 14.8 Å². The average Bonchev–Trinajstić information content (AvgIpc) is 2.26. The van der Waals surface area contributed by atoms with Gasteiger partial charge in [-0.15, -0.1) is 0 Å². The predicted molar refractivity (Wildman–Crippen MR) is 72.9 cm³/mol. The lowest BCUT2D eigenvalue weighted by molar-refractivity contribution is 0.0696. The SMILES string of the molecule is Cc1cc(Nc2ccc(C(=O)O)c(C)c2)nc(C)n1. The van der Waals surface area contributed by atoms with Gasteiger partial charge < -0.3 is 10.4 Å². The Balaban J connectivity index is 2.28. The van der Waals surface area contributed by atoms with E-state index in [1.807, 2.05) is 19.9 Å². The molecule has 19 heavy (non-hydrogen) atoms. The van der Waals surface area contributed by atoms with Crippen LogP contribution in [-0.2, 0) is 0 Å². The summed E-state index contributed by atoms with van der Waals surface area (Å²) in [5.41, 5.74) is 2.70. The number of anilines is 2. The average molecular weight is 257 g/mol. The molecule has 0 saturated heterocycles. The highest BCUT2D eigenvalue weighted by Gasteiger charge is 2.07. The van der Waals surface area contributed by atoms with Gasteiger partial charge in [0, 0.05) is 17.4 Å². The first-order chi connectivity index (χ1) is 8.95. The van der Waals surface area contributed by atoms with Crippen molar-refractivity contribution < 1.29 is 9.90 Å². The van der Waals surface area contributed by atoms with E-state index >= 15 is 0 Å². The Labute approximate surface area is 111 Å². The summed E-state index contributed by atoms with van der Waals surface area (Å²) in [4.78, 5) is 19.4. The molecular formula is C14H15N3O2. The van der Waals surface area contributed by atoms with Crippen LogP contribution in [0.3, 0.4) is 0 Å². The minimum absolute atomic E-state index is 0.306. The number of nitrogens with zero attached hydrogens (tertiary/aromatic N) is 2. The molecule has 2 N–H and O–H groups in total. The molecule has 98 valence electrons. The molecule has 2 rings (SSSR count). The van der Waals surface area contributed by atoms with Crippen molar-refractivity contribution in [3.05, 3.63) is 46.9 Å². The Morgan fingerprint density at radius 2 is 1.89 bits per heavy atom. The summed E-state index contributed by atoms with van der Waals surface area (Å²) in [6.45, 7) is 5.50. The molecule has 0 amide bonds. The summed E-state index contributed by atoms with van der Waals surface area (Å²) in [6.07, 6.45) is 0. The number of nitrogens with one attached hydrogen (secondary N) is 1. The highest BCUT2D eigenvalue weighted by atomic mass is 16.4. The van der Waals surface area contributed by atoms with Crippen molar-refractivity contribution in [1.29, 1.82) is 0 Å². The van der Waals surface area contributed by atoms with Gasteiger partial charge in [0.1, 0.15) is 11.6 Å². The molecule has 0 spiro atoms. The standard InChI is InChI=1S/C14H15N3O2/c1-8-6-11(4-5-12(8)14(18)19)17-13-7-9(2)15-10(3)16-13/h4-7H,1-3H3,(H,18,19)(H,15,16,17). The van der Waals surface area contributed by atoms with E-state index in [4.69, 9.17) is 5.11 Å². The zero-order chi connectivity index (χ0) is 14.0. The number of aromatic nitrogens is 2. The number of carboxylic acid groups (broad SMARTS) is 1. The second kappa shape index (κ2) is 5.06. The lowest BCUT2D eigenvalue weighted by Gasteiger charge is -2.09. The molecule has 0 saturated carbocycles. The number of carboxylic acids is 1. The van der Waals surface area contributed by atoms with Crippen molar-refractivity contribution in [3.8, 4) is 0 Å². The first-order valence-corrected chi connectivity index (χ1v) is 5.89. The molecule has 5 nitrogen and oxygen atoms in total. The normalized spacial score (nSPS) is 10.3. The molecule has 2 aromatic rings. The smallest absolute Gasteiger partial charge is 0.335 e. The molecule has 1 heterocycles. The Hall–Kier alpha value is -2.43. The molecule has 1 aromatic heterocycles. The van der Waals surface area contributed by atoms with E-state index in [1.165, 1.54) is 0 Å². The molecular weight excluding hydrogens is 242 g/mol. The van der Waals surface area contributed by atoms with Crippen molar-refractivity contribution in [1.82, 2.24) is 9.97 Å². The van der Waals surface area contributed by atoms with Crippen molar-refractivity contribution in [2.24, 2.45) is 0 Å². The van der Waals surface area contributed by atoms with Gasteiger partial charge in [-0.05, 0) is 44.5 Å². The minimum Gasteiger partial charge on any atom is -0.478 e. The zero-order valence-corrected chi connectivity index (χ0v) is 11.1. The van der Waals surface area contributed by atoms with Crippen LogP contribution in [0.1, 0.15) is 27.4 Å². The Morgan fingerprint density at radius 1 is 1.16 bits per heavy atom. The van der Waals surface area contributed by atoms with Crippen LogP contribution in [0.4, 0.5) is 11.5 Å². The van der Waals surface area contributed by atoms with Crippen LogP contribution in [0.25, 0.3) is 0 Å². The monoisotopic (exact) mass is 257 g/mol. The van der Waals surface area contributed by atoms with E-state index in [9.17, 15) is 4.79 Å². The van der Waals surface area contributed by atoms with E-state index < -0.39 is 5.97 Å². The maximum atomic E-state index is 10.9. The maximum Gasteiger partial charge on any atom is 0.335 e. The third kappa shape index (κ3) is 3.07. The molecule has 0 unspecified atom stereocenters. The van der Waals surface area contributed by atoms with Gasteiger partial charge in [0.25, 0.3) is 0 Å². The summed E-state index contributed by atoms with van der Waals surface area (Å²) in [6, 6.07) is 6.94. The van der Waals surface area contributed by atoms with Crippen LogP contribution in [-0.4, -0.2) is 21.0 Å². The van der Waals surface area contributed by atoms with Crippen LogP contribution >= 0.6 is 0 Å². The Kier molecular flexibility index (Phi) is 3.46. The van der Waals surface area contributed by atoms with Crippen LogP contribution in [0, 0.1) is 20.8 Å². The van der Waals surface area contributed by atoms with E-state index in [0.29, 0.717) is 22.8 Å². The first kappa shape index (κ1) is 13.0. The van der Waals surface area contributed by atoms with Gasteiger partial charge in [-0.2, -0.15) is 0 Å². The lowest BCUT2D eigenvalue weighted by Crippen LogP contribution is -2.02. The van der Waals surface area contributed by atoms with E-state index in [2.05, 4.69) is 15.3 Å². The van der Waals surface area contributed by atoms with Crippen molar-refractivity contribution >= 4 is 17.5 Å². The van der Waals surface area contributed by atoms with E-state index in [1.54, 1.807) is 25.1 Å². The maximum absolute atomic E-state index is 10.9. The van der Waals surface area contributed by atoms with Crippen LogP contribution in [0.2, 0.25) is 0 Å². The molecule has 1 aromatic carbocycles. The summed E-state index contributed by atoms with van der Waals surface area (Å²) in [5, 5.41) is 12.1. The highest BCUT2D eigenvalue weighted by Crippen LogP contribution is 2.19. The van der Waals surface area contributed by atoms with Crippen LogP contribution in [0.5, 0.6) is 0 Å². The van der Waals surface area contributed by atoms with Crippen molar-refractivity contribution in [2.75, 3.05) is 5.32 Å². The van der Waals surface area contributed by atoms with Crippen LogP contribution < -0.4 is 5.32 Å². The molecule has 0 radical (unpaired) electrons. The molecule has 0 aliphatic rings. The molecule has 0 atom stereocenters. The largest absolute Gasteiger partial charge is 0.478 e. The highest BCUT2D eigenvalue weighted by molar-refractivity contribution is 5.90. The fourth-order valence-corrected chi connectivity index (χ4v) is 1.91. The second-order valence-electron chi connectivity index (χ2n) is 4.40. The summed E-state index contributed by atoms with van der Waals surface area (Å²) < 4.78 is 0. The fourth-order valence-electron chi connectivity index (χ4n) is 1.91. The summed E-state index contributed by atoms with van der Waals surface area (Å²) >= 11 is 0. The third-order valence-electron chi connectivity index (χ3n) is 2.70. The second-order valence-corrected chi connectivity index (χ2v) is 4.40. The summed E-state index contributed by atoms with van der Waals surface area (Å²) in [7, 11) is 0. The number of aryl methyl sites for hydroxylation is 3. The van der Waals surface area contributed by atoms with Gasteiger partial charge in [-0.1, -0.05) is 0 Å². The molecule has 0 bridgehead atoms. The van der Waals surface area contributed by atoms with E-state index in [-0.39, 0.29) is 0 Å². The summed E-state index contributed by atoms with van der Waals surface area (Å²) in [5.74, 6) is 0.478. The lowest BCUT2D eigenvalue weighted by atomic mass is 10.1. The number of carbonyl (C=O) groups is 1. The predicted octanol–water partition coefficient (Wildman–Crippen LogP) is 2.84.